The smallest absolute Gasteiger partial charge is 0.387 e. The molecule has 2 atom stereocenters. The van der Waals surface area contributed by atoms with E-state index >= 15 is 0 Å². The summed E-state index contributed by atoms with van der Waals surface area (Å²) in [7, 11) is -9.17. The standard InChI is InChI=1S/C18H38NO5P.H3O4P/c1-2-3-4-5-6-7-8-9-10-11-12-13-14-15-18(20)17(19)16-24-25(21,22)23;1-5(2,3)4/h14-15,17-18,20H,2-13,16,19H2,1H3,(H2,21,22,23);(H3,1,2,3,4). The second-order valence-corrected chi connectivity index (χ2v) is 9.47. The highest BCUT2D eigenvalue weighted by molar-refractivity contribution is 7.46. The molecular formula is C18H41NO9P2. The van der Waals surface area contributed by atoms with Crippen molar-refractivity contribution in [3.63, 3.8) is 0 Å². The molecule has 0 radical (unpaired) electrons. The maximum absolute atomic E-state index is 10.6. The molecule has 0 bridgehead atoms. The van der Waals surface area contributed by atoms with E-state index in [0.29, 0.717) is 0 Å². The number of nitrogens with two attached hydrogens (primary N) is 1. The van der Waals surface area contributed by atoms with Crippen molar-refractivity contribution in [1.29, 1.82) is 0 Å². The Morgan fingerprint density at radius 1 is 0.833 bits per heavy atom. The van der Waals surface area contributed by atoms with Gasteiger partial charge in [-0.2, -0.15) is 0 Å². The Kier molecular flexibility index (Phi) is 20.9. The van der Waals surface area contributed by atoms with Crippen molar-refractivity contribution in [2.75, 3.05) is 6.61 Å². The van der Waals surface area contributed by atoms with Gasteiger partial charge in [0.05, 0.1) is 18.8 Å². The molecule has 0 aromatic heterocycles. The summed E-state index contributed by atoms with van der Waals surface area (Å²) in [5.74, 6) is 0. The molecule has 0 aliphatic carbocycles. The Bertz CT molecular complexity index is 500. The van der Waals surface area contributed by atoms with Crippen LogP contribution in [0.3, 0.4) is 0 Å². The van der Waals surface area contributed by atoms with E-state index in [2.05, 4.69) is 11.4 Å². The summed E-state index contributed by atoms with van der Waals surface area (Å²) in [6.45, 7) is 1.86. The molecule has 0 aliphatic rings. The SMILES string of the molecule is CCCCCCCCCCCCCC=CC(O)C(N)COP(=O)(O)O.O=P(O)(O)O. The monoisotopic (exact) mass is 477 g/mol. The van der Waals surface area contributed by atoms with Crippen LogP contribution in [0.15, 0.2) is 12.2 Å². The minimum absolute atomic E-state index is 0.381. The van der Waals surface area contributed by atoms with Crippen LogP contribution in [-0.4, -0.2) is 48.3 Å². The quantitative estimate of drug-likeness (QED) is 0.0930. The van der Waals surface area contributed by atoms with Gasteiger partial charge in [-0.1, -0.05) is 83.3 Å². The van der Waals surface area contributed by atoms with Crippen molar-refractivity contribution >= 4 is 15.6 Å². The highest BCUT2D eigenvalue weighted by atomic mass is 31.2. The third-order valence-electron chi connectivity index (χ3n) is 4.18. The number of phosphoric ester groups is 1. The van der Waals surface area contributed by atoms with E-state index in [1.54, 1.807) is 6.08 Å². The number of unbranched alkanes of at least 4 members (excludes halogenated alkanes) is 11. The van der Waals surface area contributed by atoms with Crippen LogP contribution in [0, 0.1) is 0 Å². The number of phosphoric acid groups is 2. The lowest BCUT2D eigenvalue weighted by molar-refractivity contribution is 0.129. The van der Waals surface area contributed by atoms with Gasteiger partial charge in [-0.3, -0.25) is 4.52 Å². The zero-order valence-electron chi connectivity index (χ0n) is 17.9. The van der Waals surface area contributed by atoms with Crippen molar-refractivity contribution in [3.8, 4) is 0 Å². The van der Waals surface area contributed by atoms with E-state index in [9.17, 15) is 9.67 Å². The Morgan fingerprint density at radius 2 is 1.23 bits per heavy atom. The minimum atomic E-state index is -4.64. The molecule has 0 saturated heterocycles. The predicted molar refractivity (Wildman–Crippen MR) is 116 cm³/mol. The lowest BCUT2D eigenvalue weighted by Gasteiger charge is -2.15. The molecular weight excluding hydrogens is 436 g/mol. The summed E-state index contributed by atoms with van der Waals surface area (Å²) in [6.07, 6.45) is 17.6. The van der Waals surface area contributed by atoms with Gasteiger partial charge in [0.2, 0.25) is 0 Å². The summed E-state index contributed by atoms with van der Waals surface area (Å²) < 4.78 is 23.7. The van der Waals surface area contributed by atoms with Crippen molar-refractivity contribution in [2.24, 2.45) is 5.73 Å². The third kappa shape index (κ3) is 32.5. The van der Waals surface area contributed by atoms with E-state index in [-0.39, 0.29) is 6.61 Å². The number of aliphatic hydroxyl groups is 1. The number of hydrogen-bond acceptors (Lipinski definition) is 5. The first-order chi connectivity index (χ1) is 13.9. The molecule has 0 rings (SSSR count). The predicted octanol–water partition coefficient (Wildman–Crippen LogP) is 3.11. The molecule has 0 aliphatic heterocycles. The lowest BCUT2D eigenvalue weighted by atomic mass is 10.0. The Balaban J connectivity index is 0. The van der Waals surface area contributed by atoms with Gasteiger partial charge in [0, 0.05) is 0 Å². The summed E-state index contributed by atoms with van der Waals surface area (Å²) in [5.41, 5.74) is 5.60. The molecule has 0 amide bonds. The number of hydrogen-bond donors (Lipinski definition) is 7. The normalized spacial score (nSPS) is 14.4. The van der Waals surface area contributed by atoms with Gasteiger partial charge >= 0.3 is 15.6 Å². The van der Waals surface area contributed by atoms with Crippen LogP contribution in [0.1, 0.15) is 84.0 Å². The Morgan fingerprint density at radius 3 is 1.63 bits per heavy atom. The van der Waals surface area contributed by atoms with Gasteiger partial charge in [0.15, 0.2) is 0 Å². The number of rotatable bonds is 17. The number of aliphatic hydroxyl groups excluding tert-OH is 1. The molecule has 30 heavy (non-hydrogen) atoms. The fourth-order valence-corrected chi connectivity index (χ4v) is 2.95. The molecule has 8 N–H and O–H groups in total. The highest BCUT2D eigenvalue weighted by Gasteiger charge is 2.19. The molecule has 0 saturated carbocycles. The lowest BCUT2D eigenvalue weighted by Crippen LogP contribution is -2.37. The summed E-state index contributed by atoms with van der Waals surface area (Å²) in [5, 5.41) is 9.75. The highest BCUT2D eigenvalue weighted by Crippen LogP contribution is 2.35. The summed E-state index contributed by atoms with van der Waals surface area (Å²) in [6, 6.07) is -0.846. The fourth-order valence-electron chi connectivity index (χ4n) is 2.59. The van der Waals surface area contributed by atoms with Gasteiger partial charge in [-0.15, -0.1) is 0 Å². The maximum atomic E-state index is 10.6. The van der Waals surface area contributed by atoms with Gasteiger partial charge in [-0.25, -0.2) is 9.13 Å². The van der Waals surface area contributed by atoms with Crippen molar-refractivity contribution < 1.29 is 43.2 Å². The summed E-state index contributed by atoms with van der Waals surface area (Å²) >= 11 is 0. The van der Waals surface area contributed by atoms with E-state index < -0.39 is 27.8 Å². The molecule has 182 valence electrons. The fraction of sp³-hybridized carbons (Fsp3) is 0.889. The van der Waals surface area contributed by atoms with Crippen LogP contribution in [0.2, 0.25) is 0 Å². The number of allylic oxidation sites excluding steroid dienone is 1. The van der Waals surface area contributed by atoms with E-state index in [0.717, 1.165) is 12.8 Å². The molecule has 10 nitrogen and oxygen atoms in total. The van der Waals surface area contributed by atoms with Crippen molar-refractivity contribution in [2.45, 2.75) is 96.1 Å². The van der Waals surface area contributed by atoms with Crippen LogP contribution < -0.4 is 5.73 Å². The zero-order chi connectivity index (χ0) is 23.5. The minimum Gasteiger partial charge on any atom is -0.387 e. The Labute approximate surface area is 180 Å². The summed E-state index contributed by atoms with van der Waals surface area (Å²) in [4.78, 5) is 38.7. The molecule has 0 heterocycles. The topological polar surface area (TPSA) is 191 Å². The van der Waals surface area contributed by atoms with Gasteiger partial charge < -0.3 is 35.3 Å². The van der Waals surface area contributed by atoms with E-state index in [1.807, 2.05) is 6.08 Å². The molecule has 0 aromatic carbocycles. The first-order valence-corrected chi connectivity index (χ1v) is 13.5. The van der Waals surface area contributed by atoms with Gasteiger partial charge in [0.1, 0.15) is 0 Å². The third-order valence-corrected chi connectivity index (χ3v) is 4.67. The first-order valence-electron chi connectivity index (χ1n) is 10.5. The second-order valence-electron chi connectivity index (χ2n) is 7.21. The first kappa shape index (κ1) is 32.1. The largest absolute Gasteiger partial charge is 0.469 e. The van der Waals surface area contributed by atoms with E-state index in [1.165, 1.54) is 64.2 Å². The molecule has 12 heteroatoms. The van der Waals surface area contributed by atoms with Crippen LogP contribution in [-0.2, 0) is 13.7 Å². The van der Waals surface area contributed by atoms with Gasteiger partial charge in [-0.05, 0) is 12.8 Å². The van der Waals surface area contributed by atoms with Crippen LogP contribution in [0.5, 0.6) is 0 Å². The zero-order valence-corrected chi connectivity index (χ0v) is 19.7. The molecule has 0 spiro atoms. The van der Waals surface area contributed by atoms with Crippen molar-refractivity contribution in [3.05, 3.63) is 12.2 Å². The molecule has 2 unspecified atom stereocenters. The van der Waals surface area contributed by atoms with E-state index in [4.69, 9.17) is 34.8 Å². The van der Waals surface area contributed by atoms with Crippen LogP contribution >= 0.6 is 15.6 Å². The average Bonchev–Trinajstić information content (AvgIpc) is 2.61. The van der Waals surface area contributed by atoms with Gasteiger partial charge in [0.25, 0.3) is 0 Å². The Hall–Kier alpha value is -0.120. The second kappa shape index (κ2) is 19.6. The van der Waals surface area contributed by atoms with Crippen LogP contribution in [0.25, 0.3) is 0 Å². The average molecular weight is 477 g/mol. The molecule has 0 aromatic rings. The van der Waals surface area contributed by atoms with Crippen molar-refractivity contribution in [1.82, 2.24) is 0 Å². The molecule has 0 fully saturated rings. The van der Waals surface area contributed by atoms with Crippen LogP contribution in [0.4, 0.5) is 0 Å². The maximum Gasteiger partial charge on any atom is 0.469 e.